The summed E-state index contributed by atoms with van der Waals surface area (Å²) >= 11 is 0. The molecular weight excluding hydrogens is 309 g/mol. The molecule has 0 unspecified atom stereocenters. The van der Waals surface area contributed by atoms with Crippen molar-refractivity contribution >= 4 is 11.8 Å². The smallest absolute Gasteiger partial charge is 0.261 e. The molecule has 3 rings (SSSR count). The molecule has 1 aliphatic heterocycles. The number of amides is 2. The third kappa shape index (κ3) is 3.06. The number of carbonyl (C=O) groups excluding carboxylic acids is 2. The first-order valence-corrected chi connectivity index (χ1v) is 7.53. The number of hydrogen-bond donors (Lipinski definition) is 0. The van der Waals surface area contributed by atoms with Gasteiger partial charge in [-0.1, -0.05) is 24.3 Å². The highest BCUT2D eigenvalue weighted by molar-refractivity contribution is 6.21. The number of methoxy groups -OCH3 is 1. The number of halogens is 1. The Bertz CT molecular complexity index is 777. The maximum absolute atomic E-state index is 14.1. The van der Waals surface area contributed by atoms with Gasteiger partial charge in [0.1, 0.15) is 11.6 Å². The van der Waals surface area contributed by atoms with Crippen molar-refractivity contribution in [3.63, 3.8) is 0 Å². The van der Waals surface area contributed by atoms with E-state index in [0.29, 0.717) is 17.5 Å². The molecule has 0 saturated heterocycles. The number of nitrogens with zero attached hydrogens (tertiary/aromatic N) is 1. The molecule has 0 atom stereocenters. The molecule has 122 valence electrons. The molecule has 1 aliphatic rings. The number of carbonyl (C=O) groups is 2. The van der Waals surface area contributed by atoms with Crippen LogP contribution in [0.2, 0.25) is 0 Å². The first-order valence-electron chi connectivity index (χ1n) is 7.53. The van der Waals surface area contributed by atoms with E-state index in [1.54, 1.807) is 43.5 Å². The fourth-order valence-electron chi connectivity index (χ4n) is 2.59. The van der Waals surface area contributed by atoms with E-state index in [2.05, 4.69) is 0 Å². The van der Waals surface area contributed by atoms with Crippen LogP contribution in [0.1, 0.15) is 26.3 Å². The van der Waals surface area contributed by atoms with E-state index in [-0.39, 0.29) is 6.54 Å². The summed E-state index contributed by atoms with van der Waals surface area (Å²) in [7, 11) is 1.58. The van der Waals surface area contributed by atoms with E-state index < -0.39 is 17.6 Å². The molecule has 4 nitrogen and oxygen atoms in total. The molecule has 5 heteroatoms. The fraction of sp³-hybridized carbons (Fsp3) is 0.158. The molecule has 0 bridgehead atoms. The van der Waals surface area contributed by atoms with Crippen LogP contribution in [-0.4, -0.2) is 30.4 Å². The highest BCUT2D eigenvalue weighted by Crippen LogP contribution is 2.23. The number of allylic oxidation sites excluding steroid dienone is 1. The summed E-state index contributed by atoms with van der Waals surface area (Å²) in [5.74, 6) is -0.693. The maximum Gasteiger partial charge on any atom is 0.261 e. The number of hydrogen-bond acceptors (Lipinski definition) is 3. The topological polar surface area (TPSA) is 46.6 Å². The molecule has 0 radical (unpaired) electrons. The van der Waals surface area contributed by atoms with Crippen LogP contribution in [0, 0.1) is 0 Å². The first-order chi connectivity index (χ1) is 11.6. The van der Waals surface area contributed by atoms with Crippen molar-refractivity contribution in [2.24, 2.45) is 0 Å². The molecule has 1 heterocycles. The van der Waals surface area contributed by atoms with Crippen LogP contribution in [0.15, 0.2) is 60.4 Å². The largest absolute Gasteiger partial charge is 0.497 e. The lowest BCUT2D eigenvalue weighted by Crippen LogP contribution is -2.31. The molecular formula is C19H16FNO3. The molecule has 2 aromatic rings. The van der Waals surface area contributed by atoms with Crippen LogP contribution in [0.5, 0.6) is 5.75 Å². The van der Waals surface area contributed by atoms with Crippen LogP contribution in [0.4, 0.5) is 4.39 Å². The lowest BCUT2D eigenvalue weighted by molar-refractivity contribution is 0.0660. The van der Waals surface area contributed by atoms with Crippen LogP contribution in [-0.2, 0) is 6.42 Å². The van der Waals surface area contributed by atoms with Gasteiger partial charge in [0.25, 0.3) is 11.8 Å². The third-order valence-corrected chi connectivity index (χ3v) is 3.91. The number of ether oxygens (including phenoxy) is 1. The lowest BCUT2D eigenvalue weighted by atomic mass is 10.1. The van der Waals surface area contributed by atoms with Crippen molar-refractivity contribution in [3.05, 3.63) is 77.1 Å². The molecule has 0 aromatic heterocycles. The number of imide groups is 1. The Kier molecular flexibility index (Phi) is 4.42. The van der Waals surface area contributed by atoms with Crippen molar-refractivity contribution in [1.29, 1.82) is 0 Å². The summed E-state index contributed by atoms with van der Waals surface area (Å²) in [4.78, 5) is 25.3. The molecule has 2 aromatic carbocycles. The van der Waals surface area contributed by atoms with Gasteiger partial charge < -0.3 is 4.74 Å². The molecule has 0 spiro atoms. The molecule has 0 saturated carbocycles. The standard InChI is InChI=1S/C19H16FNO3/c1-24-15-10-7-13(8-11-15)6-9-14(20)12-21-18(22)16-4-2-3-5-17(16)19(21)23/h2-5,7-11H,6,12H2,1H3/b14-9+. The number of benzene rings is 2. The van der Waals surface area contributed by atoms with Crippen LogP contribution in [0.25, 0.3) is 0 Å². The van der Waals surface area contributed by atoms with Crippen molar-refractivity contribution in [2.75, 3.05) is 13.7 Å². The lowest BCUT2D eigenvalue weighted by Gasteiger charge is -2.12. The van der Waals surface area contributed by atoms with E-state index in [0.717, 1.165) is 16.2 Å². The monoisotopic (exact) mass is 325 g/mol. The van der Waals surface area contributed by atoms with Crippen molar-refractivity contribution in [3.8, 4) is 5.75 Å². The first kappa shape index (κ1) is 15.9. The molecule has 0 aliphatic carbocycles. The number of rotatable bonds is 5. The van der Waals surface area contributed by atoms with Gasteiger partial charge in [-0.25, -0.2) is 4.39 Å². The molecule has 0 fully saturated rings. The second-order valence-corrected chi connectivity index (χ2v) is 5.45. The van der Waals surface area contributed by atoms with Gasteiger partial charge in [0, 0.05) is 0 Å². The van der Waals surface area contributed by atoms with E-state index in [9.17, 15) is 14.0 Å². The van der Waals surface area contributed by atoms with Gasteiger partial charge in [-0.2, -0.15) is 0 Å². The van der Waals surface area contributed by atoms with Crippen molar-refractivity contribution in [1.82, 2.24) is 4.90 Å². The van der Waals surface area contributed by atoms with Crippen molar-refractivity contribution in [2.45, 2.75) is 6.42 Å². The second kappa shape index (κ2) is 6.66. The molecule has 24 heavy (non-hydrogen) atoms. The summed E-state index contributed by atoms with van der Waals surface area (Å²) in [6.45, 7) is -0.345. The fourth-order valence-corrected chi connectivity index (χ4v) is 2.59. The third-order valence-electron chi connectivity index (χ3n) is 3.91. The highest BCUT2D eigenvalue weighted by atomic mass is 19.1. The van der Waals surface area contributed by atoms with Gasteiger partial charge in [0.15, 0.2) is 0 Å². The Morgan fingerprint density at radius 1 is 1.04 bits per heavy atom. The average Bonchev–Trinajstić information content (AvgIpc) is 2.86. The number of fused-ring (bicyclic) bond motifs is 1. The van der Waals surface area contributed by atoms with Crippen LogP contribution >= 0.6 is 0 Å². The zero-order valence-electron chi connectivity index (χ0n) is 13.2. The normalized spacial score (nSPS) is 14.1. The molecule has 2 amide bonds. The predicted molar refractivity (Wildman–Crippen MR) is 87.7 cm³/mol. The van der Waals surface area contributed by atoms with Gasteiger partial charge in [-0.3, -0.25) is 14.5 Å². The Morgan fingerprint density at radius 3 is 2.17 bits per heavy atom. The minimum Gasteiger partial charge on any atom is -0.497 e. The maximum atomic E-state index is 14.1. The summed E-state index contributed by atoms with van der Waals surface area (Å²) < 4.78 is 19.2. The zero-order chi connectivity index (χ0) is 17.1. The van der Waals surface area contributed by atoms with Crippen molar-refractivity contribution < 1.29 is 18.7 Å². The SMILES string of the molecule is COc1ccc(C/C=C(/F)CN2C(=O)c3ccccc3C2=O)cc1. The Balaban J connectivity index is 1.67. The minimum absolute atomic E-state index is 0.324. The highest BCUT2D eigenvalue weighted by Gasteiger charge is 2.35. The van der Waals surface area contributed by atoms with Gasteiger partial charge in [0.2, 0.25) is 0 Å². The van der Waals surface area contributed by atoms with E-state index in [1.165, 1.54) is 6.08 Å². The van der Waals surface area contributed by atoms with Gasteiger partial charge in [-0.15, -0.1) is 0 Å². The van der Waals surface area contributed by atoms with Gasteiger partial charge >= 0.3 is 0 Å². The van der Waals surface area contributed by atoms with Gasteiger partial charge in [-0.05, 0) is 42.3 Å². The Labute approximate surface area is 139 Å². The Morgan fingerprint density at radius 2 is 1.62 bits per heavy atom. The minimum atomic E-state index is -0.514. The van der Waals surface area contributed by atoms with E-state index >= 15 is 0 Å². The summed E-state index contributed by atoms with van der Waals surface area (Å²) in [6.07, 6.45) is 1.75. The van der Waals surface area contributed by atoms with Crippen LogP contribution < -0.4 is 4.74 Å². The van der Waals surface area contributed by atoms with Crippen LogP contribution in [0.3, 0.4) is 0 Å². The quantitative estimate of drug-likeness (QED) is 0.792. The second-order valence-electron chi connectivity index (χ2n) is 5.45. The predicted octanol–water partition coefficient (Wildman–Crippen LogP) is 3.39. The zero-order valence-corrected chi connectivity index (χ0v) is 13.2. The average molecular weight is 325 g/mol. The summed E-state index contributed by atoms with van der Waals surface area (Å²) in [5, 5.41) is 0. The molecule has 0 N–H and O–H groups in total. The van der Waals surface area contributed by atoms with Gasteiger partial charge in [0.05, 0.1) is 24.8 Å². The Hall–Kier alpha value is -2.95. The summed E-state index contributed by atoms with van der Waals surface area (Å²) in [5.41, 5.74) is 1.56. The summed E-state index contributed by atoms with van der Waals surface area (Å²) in [6, 6.07) is 13.8. The van der Waals surface area contributed by atoms with E-state index in [4.69, 9.17) is 4.74 Å². The van der Waals surface area contributed by atoms with E-state index in [1.807, 2.05) is 12.1 Å².